The van der Waals surface area contributed by atoms with E-state index >= 15 is 0 Å². The lowest BCUT2D eigenvalue weighted by molar-refractivity contribution is -0.131. The number of likely N-dealkylation sites (tertiary alicyclic amines) is 1. The molecule has 2 amide bonds. The van der Waals surface area contributed by atoms with Gasteiger partial charge in [-0.2, -0.15) is 0 Å². The Hall–Kier alpha value is -2.73. The molecule has 2 N–H and O–H groups in total. The van der Waals surface area contributed by atoms with Gasteiger partial charge in [0.15, 0.2) is 0 Å². The van der Waals surface area contributed by atoms with Gasteiger partial charge in [0, 0.05) is 19.5 Å². The highest BCUT2D eigenvalue weighted by Crippen LogP contribution is 2.25. The fourth-order valence-corrected chi connectivity index (χ4v) is 3.62. The van der Waals surface area contributed by atoms with Gasteiger partial charge < -0.3 is 15.3 Å². The zero-order valence-corrected chi connectivity index (χ0v) is 16.6. The van der Waals surface area contributed by atoms with E-state index in [2.05, 4.69) is 5.32 Å². The van der Waals surface area contributed by atoms with Crippen molar-refractivity contribution < 1.29 is 19.1 Å². The number of benzene rings is 1. The number of aliphatic hydroxyl groups is 1. The molecule has 0 bridgehead atoms. The number of carbonyl (C=O) groups is 2. The Bertz CT molecular complexity index is 815. The van der Waals surface area contributed by atoms with Crippen molar-refractivity contribution in [3.8, 4) is 0 Å². The summed E-state index contributed by atoms with van der Waals surface area (Å²) in [7, 11) is 0. The molecule has 29 heavy (non-hydrogen) atoms. The summed E-state index contributed by atoms with van der Waals surface area (Å²) in [5.41, 5.74) is -0.221. The largest absolute Gasteiger partial charge is 0.386 e. The predicted octanol–water partition coefficient (Wildman–Crippen LogP) is 2.70. The molecule has 2 atom stereocenters. The number of nitrogens with zero attached hydrogens (tertiary/aromatic N) is 1. The maximum Gasteiger partial charge on any atom is 0.230 e. The summed E-state index contributed by atoms with van der Waals surface area (Å²) < 4.78 is 13.1. The predicted molar refractivity (Wildman–Crippen MR) is 109 cm³/mol. The van der Waals surface area contributed by atoms with Gasteiger partial charge in [-0.05, 0) is 30.0 Å². The molecule has 154 valence electrons. The van der Waals surface area contributed by atoms with Gasteiger partial charge in [-0.3, -0.25) is 9.59 Å². The number of nitrogens with one attached hydrogen (secondary N) is 1. The number of rotatable bonds is 6. The van der Waals surface area contributed by atoms with Crippen molar-refractivity contribution in [2.24, 2.45) is 5.92 Å². The summed E-state index contributed by atoms with van der Waals surface area (Å²) in [6.07, 6.45) is 11.6. The third-order valence-corrected chi connectivity index (χ3v) is 5.47. The quantitative estimate of drug-likeness (QED) is 0.774. The summed E-state index contributed by atoms with van der Waals surface area (Å²) in [6.45, 7) is 2.68. The second-order valence-corrected chi connectivity index (χ2v) is 7.84. The van der Waals surface area contributed by atoms with Gasteiger partial charge in [0.05, 0.1) is 12.5 Å². The number of carbonyl (C=O) groups excluding carboxylic acids is 2. The second-order valence-electron chi connectivity index (χ2n) is 7.84. The molecule has 1 fully saturated rings. The van der Waals surface area contributed by atoms with Crippen molar-refractivity contribution >= 4 is 11.8 Å². The Morgan fingerprint density at radius 1 is 1.21 bits per heavy atom. The van der Waals surface area contributed by atoms with Crippen LogP contribution in [-0.2, 0) is 9.59 Å². The Morgan fingerprint density at radius 3 is 2.52 bits per heavy atom. The minimum absolute atomic E-state index is 0.0427. The van der Waals surface area contributed by atoms with Crippen LogP contribution in [0.5, 0.6) is 0 Å². The molecule has 3 rings (SSSR count). The van der Waals surface area contributed by atoms with Crippen LogP contribution in [-0.4, -0.2) is 47.1 Å². The highest BCUT2D eigenvalue weighted by Gasteiger charge is 2.38. The van der Waals surface area contributed by atoms with Gasteiger partial charge in [-0.25, -0.2) is 4.39 Å². The number of amides is 2. The average Bonchev–Trinajstić information content (AvgIpc) is 2.91. The van der Waals surface area contributed by atoms with Gasteiger partial charge in [0.25, 0.3) is 0 Å². The van der Waals surface area contributed by atoms with E-state index in [9.17, 15) is 19.1 Å². The third kappa shape index (κ3) is 5.64. The second kappa shape index (κ2) is 9.18. The topological polar surface area (TPSA) is 69.6 Å². The molecule has 1 aromatic rings. The number of allylic oxidation sites excluding steroid dienone is 4. The van der Waals surface area contributed by atoms with Gasteiger partial charge >= 0.3 is 0 Å². The van der Waals surface area contributed by atoms with Crippen molar-refractivity contribution in [1.29, 1.82) is 0 Å². The molecule has 1 aromatic carbocycles. The third-order valence-electron chi connectivity index (χ3n) is 5.47. The molecule has 0 spiro atoms. The van der Waals surface area contributed by atoms with E-state index in [1.54, 1.807) is 29.2 Å². The maximum absolute atomic E-state index is 13.1. The first-order chi connectivity index (χ1) is 13.9. The van der Waals surface area contributed by atoms with Crippen LogP contribution in [0.3, 0.4) is 0 Å². The number of hydrogen-bond acceptors (Lipinski definition) is 3. The van der Waals surface area contributed by atoms with Crippen LogP contribution in [0.2, 0.25) is 0 Å². The van der Waals surface area contributed by atoms with Gasteiger partial charge in [-0.1, -0.05) is 55.5 Å². The molecule has 1 saturated heterocycles. The minimum atomic E-state index is -1.12. The summed E-state index contributed by atoms with van der Waals surface area (Å²) in [5.74, 6) is -0.942. The van der Waals surface area contributed by atoms with E-state index in [1.165, 1.54) is 12.1 Å². The van der Waals surface area contributed by atoms with Crippen LogP contribution in [0.15, 0.2) is 60.7 Å². The molecule has 1 aliphatic carbocycles. The molecule has 1 heterocycles. The normalized spacial score (nSPS) is 22.5. The molecule has 2 aliphatic rings. The van der Waals surface area contributed by atoms with Gasteiger partial charge in [0.1, 0.15) is 11.4 Å². The summed E-state index contributed by atoms with van der Waals surface area (Å²) in [5, 5.41) is 13.6. The smallest absolute Gasteiger partial charge is 0.230 e. The molecule has 0 saturated carbocycles. The van der Waals surface area contributed by atoms with E-state index in [-0.39, 0.29) is 42.6 Å². The molecule has 2 unspecified atom stereocenters. The Balaban J connectivity index is 1.49. The number of β-amino-alcohol motifs (C(OH)–C–C–N with tert-alkyl or cyclic N) is 1. The molecule has 0 aromatic heterocycles. The fourth-order valence-electron chi connectivity index (χ4n) is 3.62. The Kier molecular flexibility index (Phi) is 6.64. The number of hydrogen-bond donors (Lipinski definition) is 2. The maximum atomic E-state index is 13.1. The van der Waals surface area contributed by atoms with E-state index in [4.69, 9.17) is 0 Å². The Labute approximate surface area is 170 Å². The van der Waals surface area contributed by atoms with Crippen molar-refractivity contribution in [3.63, 3.8) is 0 Å². The molecular formula is C23H27FN2O3. The van der Waals surface area contributed by atoms with Crippen LogP contribution in [0.4, 0.5) is 4.39 Å². The zero-order chi connectivity index (χ0) is 20.9. The van der Waals surface area contributed by atoms with E-state index in [1.807, 2.05) is 31.2 Å². The first-order valence-corrected chi connectivity index (χ1v) is 9.91. The van der Waals surface area contributed by atoms with Gasteiger partial charge in [0.2, 0.25) is 11.8 Å². The Morgan fingerprint density at radius 2 is 1.86 bits per heavy atom. The molecule has 6 heteroatoms. The van der Waals surface area contributed by atoms with E-state index in [0.717, 1.165) is 5.56 Å². The lowest BCUT2D eigenvalue weighted by Crippen LogP contribution is -2.46. The lowest BCUT2D eigenvalue weighted by Gasteiger charge is -2.25. The first kappa shape index (κ1) is 21.0. The van der Waals surface area contributed by atoms with E-state index in [0.29, 0.717) is 19.4 Å². The monoisotopic (exact) mass is 398 g/mol. The van der Waals surface area contributed by atoms with Crippen molar-refractivity contribution in [3.05, 3.63) is 72.1 Å². The van der Waals surface area contributed by atoms with Crippen molar-refractivity contribution in [2.45, 2.75) is 31.3 Å². The summed E-state index contributed by atoms with van der Waals surface area (Å²) in [6, 6.07) is 6.16. The molecule has 0 radical (unpaired) electrons. The average molecular weight is 398 g/mol. The lowest BCUT2D eigenvalue weighted by atomic mass is 9.97. The van der Waals surface area contributed by atoms with Crippen LogP contribution in [0.25, 0.3) is 0 Å². The number of halogens is 1. The molecule has 5 nitrogen and oxygen atoms in total. The van der Waals surface area contributed by atoms with Crippen LogP contribution in [0.1, 0.15) is 31.2 Å². The fraction of sp³-hybridized carbons (Fsp3) is 0.391. The SMILES string of the molecule is CC(CC(=O)N1CCC(O)(CNC(=O)C2C=CC=CC=C2)C1)c1ccc(F)cc1. The van der Waals surface area contributed by atoms with Crippen LogP contribution in [0, 0.1) is 11.7 Å². The standard InChI is InChI=1S/C23H27FN2O3/c1-17(18-8-10-20(24)11-9-18)14-21(27)26-13-12-23(29,16-26)15-25-22(28)19-6-4-2-3-5-7-19/h2-11,17,19,29H,12-16H2,1H3,(H,25,28). The summed E-state index contributed by atoms with van der Waals surface area (Å²) in [4.78, 5) is 26.6. The first-order valence-electron chi connectivity index (χ1n) is 9.91. The van der Waals surface area contributed by atoms with Crippen molar-refractivity contribution in [2.75, 3.05) is 19.6 Å². The van der Waals surface area contributed by atoms with E-state index < -0.39 is 5.60 Å². The van der Waals surface area contributed by atoms with Crippen LogP contribution < -0.4 is 5.32 Å². The van der Waals surface area contributed by atoms with Crippen LogP contribution >= 0.6 is 0 Å². The molecule has 1 aliphatic heterocycles. The highest BCUT2D eigenvalue weighted by atomic mass is 19.1. The van der Waals surface area contributed by atoms with Crippen molar-refractivity contribution in [1.82, 2.24) is 10.2 Å². The minimum Gasteiger partial charge on any atom is -0.386 e. The molecular weight excluding hydrogens is 371 g/mol. The summed E-state index contributed by atoms with van der Waals surface area (Å²) >= 11 is 0. The highest BCUT2D eigenvalue weighted by molar-refractivity contribution is 5.82. The van der Waals surface area contributed by atoms with Gasteiger partial charge in [-0.15, -0.1) is 0 Å². The zero-order valence-electron chi connectivity index (χ0n) is 16.6.